The van der Waals surface area contributed by atoms with Crippen molar-refractivity contribution in [3.63, 3.8) is 0 Å². The summed E-state index contributed by atoms with van der Waals surface area (Å²) >= 11 is 0. The van der Waals surface area contributed by atoms with E-state index in [4.69, 9.17) is 18.5 Å². The quantitative estimate of drug-likeness (QED) is 0.0269. The van der Waals surface area contributed by atoms with E-state index in [0.29, 0.717) is 19.4 Å². The third kappa shape index (κ3) is 41.6. The maximum Gasteiger partial charge on any atom is 0.472 e. The van der Waals surface area contributed by atoms with E-state index in [0.717, 1.165) is 51.4 Å². The van der Waals surface area contributed by atoms with Gasteiger partial charge < -0.3 is 19.7 Å². The molecule has 9 nitrogen and oxygen atoms in total. The van der Waals surface area contributed by atoms with Gasteiger partial charge in [0.2, 0.25) is 0 Å². The summed E-state index contributed by atoms with van der Waals surface area (Å²) in [6.07, 6.45) is 47.3. The summed E-state index contributed by atoms with van der Waals surface area (Å²) in [6.45, 7) is 4.08. The molecule has 56 heavy (non-hydrogen) atoms. The minimum Gasteiger partial charge on any atom is -0.462 e. The van der Waals surface area contributed by atoms with Crippen LogP contribution >= 0.6 is 7.82 Å². The number of carbonyl (C=O) groups is 2. The molecule has 0 bridgehead atoms. The lowest BCUT2D eigenvalue weighted by Gasteiger charge is -2.20. The summed E-state index contributed by atoms with van der Waals surface area (Å²) < 4.78 is 33.2. The molecule has 0 radical (unpaired) electrons. The van der Waals surface area contributed by atoms with E-state index < -0.39 is 32.5 Å². The Labute approximate surface area is 343 Å². The van der Waals surface area contributed by atoms with Crippen molar-refractivity contribution in [1.29, 1.82) is 0 Å². The second-order valence-electron chi connectivity index (χ2n) is 14.9. The molecular weight excluding hydrogens is 725 g/mol. The summed E-state index contributed by atoms with van der Waals surface area (Å²) in [7, 11) is -2.66. The maximum atomic E-state index is 12.6. The van der Waals surface area contributed by atoms with E-state index in [1.54, 1.807) is 7.05 Å². The minimum atomic E-state index is -4.36. The molecule has 0 aromatic carbocycles. The number of hydrogen-bond donors (Lipinski definition) is 2. The molecule has 0 saturated carbocycles. The number of ether oxygens (including phenoxy) is 2. The number of nitrogens with one attached hydrogen (secondary N) is 1. The first-order valence-electron chi connectivity index (χ1n) is 22.6. The lowest BCUT2D eigenvalue weighted by Crippen LogP contribution is -2.29. The zero-order chi connectivity index (χ0) is 41.1. The molecule has 0 aliphatic heterocycles. The van der Waals surface area contributed by atoms with Gasteiger partial charge in [0.05, 0.1) is 13.2 Å². The molecule has 0 spiro atoms. The first-order chi connectivity index (χ1) is 27.3. The average molecular weight is 810 g/mol. The van der Waals surface area contributed by atoms with Gasteiger partial charge in [-0.1, -0.05) is 178 Å². The van der Waals surface area contributed by atoms with Crippen LogP contribution in [-0.2, 0) is 32.7 Å². The fourth-order valence-electron chi connectivity index (χ4n) is 6.07. The van der Waals surface area contributed by atoms with Crippen LogP contribution < -0.4 is 5.32 Å². The molecule has 0 saturated heterocycles. The number of carbonyl (C=O) groups excluding carboxylic acids is 2. The highest BCUT2D eigenvalue weighted by molar-refractivity contribution is 7.47. The molecule has 0 aromatic heterocycles. The van der Waals surface area contributed by atoms with Crippen LogP contribution in [0.2, 0.25) is 0 Å². The summed E-state index contributed by atoms with van der Waals surface area (Å²) in [5, 5.41) is 2.82. The fourth-order valence-corrected chi connectivity index (χ4v) is 6.82. The van der Waals surface area contributed by atoms with Crippen molar-refractivity contribution < 1.29 is 37.6 Å². The molecule has 326 valence electrons. The Bertz CT molecular complexity index is 1060. The minimum absolute atomic E-state index is 0.0238. The Morgan fingerprint density at radius 1 is 0.571 bits per heavy atom. The number of unbranched alkanes of at least 4 members (excludes halogenated alkanes) is 20. The van der Waals surface area contributed by atoms with Gasteiger partial charge >= 0.3 is 19.8 Å². The van der Waals surface area contributed by atoms with E-state index in [1.807, 2.05) is 0 Å². The van der Waals surface area contributed by atoms with Crippen LogP contribution in [0.4, 0.5) is 0 Å². The lowest BCUT2D eigenvalue weighted by atomic mass is 10.0. The average Bonchev–Trinajstić information content (AvgIpc) is 3.18. The highest BCUT2D eigenvalue weighted by Crippen LogP contribution is 2.43. The molecule has 0 fully saturated rings. The number of esters is 2. The van der Waals surface area contributed by atoms with Crippen molar-refractivity contribution in [1.82, 2.24) is 5.32 Å². The van der Waals surface area contributed by atoms with Crippen LogP contribution in [0.1, 0.15) is 194 Å². The molecule has 2 atom stereocenters. The standard InChI is InChI=1S/C46H84NO8P/c1-4-6-8-10-12-14-16-18-20-21-22-23-25-27-29-31-33-35-37-39-46(49)55-44(43-54-56(50,51)53-41-40-47-3)42-52-45(48)38-36-34-32-30-28-26-24-19-17-15-13-11-9-7-5-2/h7,9,13,15,19,24,28,30,44,47H,4-6,8,10-12,14,16-18,20-23,25-27,29,31-43H2,1-3H3,(H,50,51)/b9-7-,15-13-,24-19-,30-28-. The van der Waals surface area contributed by atoms with Gasteiger partial charge in [0.1, 0.15) is 6.61 Å². The van der Waals surface area contributed by atoms with E-state index in [9.17, 15) is 19.0 Å². The van der Waals surface area contributed by atoms with E-state index in [2.05, 4.69) is 67.8 Å². The normalized spacial score (nSPS) is 13.7. The molecule has 0 rings (SSSR count). The van der Waals surface area contributed by atoms with E-state index >= 15 is 0 Å². The Kier molecular flexibility index (Phi) is 41.0. The molecule has 0 aliphatic rings. The maximum absolute atomic E-state index is 12.6. The van der Waals surface area contributed by atoms with Crippen molar-refractivity contribution in [2.45, 2.75) is 200 Å². The van der Waals surface area contributed by atoms with Gasteiger partial charge in [-0.05, 0) is 58.4 Å². The second-order valence-corrected chi connectivity index (χ2v) is 16.3. The summed E-state index contributed by atoms with van der Waals surface area (Å²) in [5.41, 5.74) is 0. The Morgan fingerprint density at radius 2 is 1.02 bits per heavy atom. The predicted molar refractivity (Wildman–Crippen MR) is 234 cm³/mol. The topological polar surface area (TPSA) is 120 Å². The molecular formula is C46H84NO8P. The lowest BCUT2D eigenvalue weighted by molar-refractivity contribution is -0.161. The van der Waals surface area contributed by atoms with Crippen LogP contribution in [0, 0.1) is 0 Å². The van der Waals surface area contributed by atoms with Crippen molar-refractivity contribution in [2.75, 3.05) is 33.4 Å². The smallest absolute Gasteiger partial charge is 0.462 e. The highest BCUT2D eigenvalue weighted by atomic mass is 31.2. The Balaban J connectivity index is 4.22. The molecule has 2 unspecified atom stereocenters. The van der Waals surface area contributed by atoms with Gasteiger partial charge in [-0.15, -0.1) is 0 Å². The number of rotatable bonds is 42. The largest absolute Gasteiger partial charge is 0.472 e. The van der Waals surface area contributed by atoms with E-state index in [-0.39, 0.29) is 26.1 Å². The zero-order valence-corrected chi connectivity index (χ0v) is 37.0. The van der Waals surface area contributed by atoms with Gasteiger partial charge in [-0.2, -0.15) is 0 Å². The van der Waals surface area contributed by atoms with Gasteiger partial charge in [-0.3, -0.25) is 18.6 Å². The summed E-state index contributed by atoms with van der Waals surface area (Å²) in [6, 6.07) is 0. The number of phosphoric acid groups is 1. The van der Waals surface area contributed by atoms with Crippen LogP contribution in [-0.4, -0.2) is 56.3 Å². The summed E-state index contributed by atoms with van der Waals surface area (Å²) in [5.74, 6) is -0.851. The van der Waals surface area contributed by atoms with Gasteiger partial charge in [0.15, 0.2) is 6.10 Å². The van der Waals surface area contributed by atoms with Crippen molar-refractivity contribution >= 4 is 19.8 Å². The van der Waals surface area contributed by atoms with Gasteiger partial charge in [0.25, 0.3) is 0 Å². The SMILES string of the molecule is CC/C=C\C/C=C\C/C=C\C/C=C\CCCCC(=O)OCC(COP(=O)(O)OCCNC)OC(=O)CCCCCCCCCCCCCCCCCCCCC. The number of allylic oxidation sites excluding steroid dienone is 8. The zero-order valence-electron chi connectivity index (χ0n) is 36.1. The first-order valence-corrected chi connectivity index (χ1v) is 24.1. The third-order valence-corrected chi connectivity index (χ3v) is 10.4. The second kappa shape index (κ2) is 42.6. The van der Waals surface area contributed by atoms with Crippen LogP contribution in [0.5, 0.6) is 0 Å². The van der Waals surface area contributed by atoms with Crippen LogP contribution in [0.3, 0.4) is 0 Å². The molecule has 10 heteroatoms. The number of hydrogen-bond acceptors (Lipinski definition) is 8. The predicted octanol–water partition coefficient (Wildman–Crippen LogP) is 13.0. The van der Waals surface area contributed by atoms with Crippen molar-refractivity contribution in [2.24, 2.45) is 0 Å². The fraction of sp³-hybridized carbons (Fsp3) is 0.783. The van der Waals surface area contributed by atoms with Crippen LogP contribution in [0.25, 0.3) is 0 Å². The Hall–Kier alpha value is -2.03. The number of phosphoric ester groups is 1. The van der Waals surface area contributed by atoms with Crippen molar-refractivity contribution in [3.8, 4) is 0 Å². The van der Waals surface area contributed by atoms with Gasteiger partial charge in [-0.25, -0.2) is 4.57 Å². The molecule has 0 aliphatic carbocycles. The van der Waals surface area contributed by atoms with E-state index in [1.165, 1.54) is 103 Å². The number of likely N-dealkylation sites (N-methyl/N-ethyl adjacent to an activating group) is 1. The molecule has 0 amide bonds. The molecule has 0 aromatic rings. The highest BCUT2D eigenvalue weighted by Gasteiger charge is 2.26. The van der Waals surface area contributed by atoms with Gasteiger partial charge in [0, 0.05) is 19.4 Å². The van der Waals surface area contributed by atoms with Crippen LogP contribution in [0.15, 0.2) is 48.6 Å². The molecule has 2 N–H and O–H groups in total. The monoisotopic (exact) mass is 810 g/mol. The summed E-state index contributed by atoms with van der Waals surface area (Å²) in [4.78, 5) is 35.1. The molecule has 0 heterocycles. The van der Waals surface area contributed by atoms with Crippen molar-refractivity contribution in [3.05, 3.63) is 48.6 Å². The third-order valence-electron chi connectivity index (χ3n) is 9.46. The first kappa shape index (κ1) is 54.0. The Morgan fingerprint density at radius 3 is 1.52 bits per heavy atom.